The number of carbonyl (C=O) groups is 1. The zero-order valence-corrected chi connectivity index (χ0v) is 23.3. The lowest BCUT2D eigenvalue weighted by Crippen LogP contribution is -2.48. The van der Waals surface area contributed by atoms with E-state index in [4.69, 9.17) is 9.16 Å². The third-order valence-corrected chi connectivity index (χ3v) is 12.0. The SMILES string of the molecule is C=CCC/C=C(\C)CC[C@@]1(C)C(=O)C(C(C=C)O[Si](C)(C)C(C)(C)C)=C(OCC)C[C@H]1C. The number of hydrogen-bond donors (Lipinski definition) is 0. The van der Waals surface area contributed by atoms with E-state index in [1.165, 1.54) is 5.57 Å². The molecule has 0 aromatic heterocycles. The third kappa shape index (κ3) is 6.80. The molecule has 0 fully saturated rings. The summed E-state index contributed by atoms with van der Waals surface area (Å²) in [5.41, 5.74) is 1.59. The molecule has 1 aliphatic rings. The molecule has 3 nitrogen and oxygen atoms in total. The summed E-state index contributed by atoms with van der Waals surface area (Å²) in [4.78, 5) is 14.1. The van der Waals surface area contributed by atoms with E-state index in [-0.39, 0.29) is 16.7 Å². The Morgan fingerprint density at radius 3 is 2.41 bits per heavy atom. The number of carbonyl (C=O) groups excluding carboxylic acids is 1. The number of Topliss-reactive ketones (excluding diaryl/α,β-unsaturated/α-hetero) is 1. The van der Waals surface area contributed by atoms with Crippen LogP contribution in [-0.4, -0.2) is 26.8 Å². The van der Waals surface area contributed by atoms with E-state index in [0.717, 1.165) is 37.9 Å². The van der Waals surface area contributed by atoms with Gasteiger partial charge in [0.05, 0.1) is 18.3 Å². The molecule has 32 heavy (non-hydrogen) atoms. The van der Waals surface area contributed by atoms with Gasteiger partial charge in [0.15, 0.2) is 14.1 Å². The van der Waals surface area contributed by atoms with Crippen molar-refractivity contribution in [2.45, 2.75) is 105 Å². The Balaban J connectivity index is 3.30. The highest BCUT2D eigenvalue weighted by atomic mass is 28.4. The van der Waals surface area contributed by atoms with Gasteiger partial charge in [-0.1, -0.05) is 58.4 Å². The Hall–Kier alpha value is -1.39. The van der Waals surface area contributed by atoms with Gasteiger partial charge >= 0.3 is 0 Å². The Morgan fingerprint density at radius 1 is 1.28 bits per heavy atom. The fourth-order valence-electron chi connectivity index (χ4n) is 3.96. The van der Waals surface area contributed by atoms with E-state index in [1.807, 2.05) is 13.0 Å². The number of ketones is 1. The average Bonchev–Trinajstić information content (AvgIpc) is 2.69. The van der Waals surface area contributed by atoms with Gasteiger partial charge in [-0.25, -0.2) is 0 Å². The summed E-state index contributed by atoms with van der Waals surface area (Å²) in [5, 5.41) is 0.0439. The Bertz CT molecular complexity index is 738. The van der Waals surface area contributed by atoms with Crippen LogP contribution in [0, 0.1) is 11.3 Å². The summed E-state index contributed by atoms with van der Waals surface area (Å²) >= 11 is 0. The van der Waals surface area contributed by atoms with Crippen LogP contribution in [0.25, 0.3) is 0 Å². The van der Waals surface area contributed by atoms with Crippen LogP contribution >= 0.6 is 0 Å². The van der Waals surface area contributed by atoms with Crippen molar-refractivity contribution >= 4 is 14.1 Å². The van der Waals surface area contributed by atoms with Gasteiger partial charge < -0.3 is 9.16 Å². The van der Waals surface area contributed by atoms with Crippen molar-refractivity contribution in [3.05, 3.63) is 48.3 Å². The van der Waals surface area contributed by atoms with Crippen molar-refractivity contribution in [1.29, 1.82) is 0 Å². The molecule has 0 N–H and O–H groups in total. The molecule has 4 heteroatoms. The van der Waals surface area contributed by atoms with E-state index in [1.54, 1.807) is 6.08 Å². The molecule has 0 amide bonds. The Kier molecular flexibility index (Phi) is 10.4. The summed E-state index contributed by atoms with van der Waals surface area (Å²) in [6.45, 7) is 27.9. The maximum Gasteiger partial charge on any atom is 0.193 e. The molecule has 0 aromatic carbocycles. The fraction of sp³-hybridized carbons (Fsp3) is 0.679. The molecule has 0 spiro atoms. The van der Waals surface area contributed by atoms with Crippen LogP contribution < -0.4 is 0 Å². The fourth-order valence-corrected chi connectivity index (χ4v) is 5.16. The molecule has 1 aliphatic carbocycles. The lowest BCUT2D eigenvalue weighted by atomic mass is 9.63. The average molecular weight is 461 g/mol. The minimum absolute atomic E-state index is 0.0439. The van der Waals surface area contributed by atoms with Crippen LogP contribution in [0.4, 0.5) is 0 Å². The molecular formula is C28H48O3Si. The number of ether oxygens (including phenoxy) is 1. The van der Waals surface area contributed by atoms with E-state index < -0.39 is 19.8 Å². The van der Waals surface area contributed by atoms with Crippen LogP contribution in [0.5, 0.6) is 0 Å². The zero-order chi connectivity index (χ0) is 24.7. The maximum absolute atomic E-state index is 14.1. The zero-order valence-electron chi connectivity index (χ0n) is 22.3. The van der Waals surface area contributed by atoms with Crippen molar-refractivity contribution in [2.75, 3.05) is 6.61 Å². The normalized spacial score (nSPS) is 23.8. The third-order valence-electron chi connectivity index (χ3n) is 7.59. The summed E-state index contributed by atoms with van der Waals surface area (Å²) in [6.07, 6.45) is 10.1. The van der Waals surface area contributed by atoms with Crippen LogP contribution in [0.1, 0.15) is 80.6 Å². The lowest BCUT2D eigenvalue weighted by Gasteiger charge is -2.44. The molecule has 0 saturated carbocycles. The number of unbranched alkanes of at least 4 members (excludes halogenated alkanes) is 1. The second-order valence-corrected chi connectivity index (χ2v) is 15.8. The standard InChI is InChI=1S/C28H48O3Si/c1-12-15-16-17-21(4)18-19-28(9)22(5)20-24(30-14-3)25(26(28)29)23(13-2)31-32(10,11)27(6,7)8/h12-13,17,22-23H,1-2,14-16,18-20H2,3-11H3/b21-17+/t22-,23?,28-/m1/s1. The van der Waals surface area contributed by atoms with Gasteiger partial charge in [-0.15, -0.1) is 13.2 Å². The Labute approximate surface area is 199 Å². The lowest BCUT2D eigenvalue weighted by molar-refractivity contribution is -0.129. The molecule has 0 aromatic rings. The summed E-state index contributed by atoms with van der Waals surface area (Å²) in [6, 6.07) is 0. The van der Waals surface area contributed by atoms with Gasteiger partial charge in [-0.3, -0.25) is 4.79 Å². The first-order chi connectivity index (χ1) is 14.7. The largest absolute Gasteiger partial charge is 0.498 e. The maximum atomic E-state index is 14.1. The highest BCUT2D eigenvalue weighted by Crippen LogP contribution is 2.47. The van der Waals surface area contributed by atoms with Crippen LogP contribution in [0.2, 0.25) is 18.1 Å². The summed E-state index contributed by atoms with van der Waals surface area (Å²) in [7, 11) is -2.10. The van der Waals surface area contributed by atoms with Crippen LogP contribution in [0.3, 0.4) is 0 Å². The van der Waals surface area contributed by atoms with Gasteiger partial charge in [-0.2, -0.15) is 0 Å². The molecule has 0 bridgehead atoms. The summed E-state index contributed by atoms with van der Waals surface area (Å²) in [5.74, 6) is 1.17. The molecule has 0 saturated heterocycles. The van der Waals surface area contributed by atoms with Crippen molar-refractivity contribution in [2.24, 2.45) is 11.3 Å². The Morgan fingerprint density at radius 2 is 1.91 bits per heavy atom. The van der Waals surface area contributed by atoms with Gasteiger partial charge in [0, 0.05) is 11.8 Å². The van der Waals surface area contributed by atoms with Gasteiger partial charge in [0.1, 0.15) is 5.76 Å². The molecule has 3 atom stereocenters. The molecular weight excluding hydrogens is 412 g/mol. The number of hydrogen-bond acceptors (Lipinski definition) is 3. The second-order valence-electron chi connectivity index (χ2n) is 11.1. The van der Waals surface area contributed by atoms with E-state index in [0.29, 0.717) is 12.2 Å². The molecule has 182 valence electrons. The minimum atomic E-state index is -2.10. The first-order valence-corrected chi connectivity index (χ1v) is 15.1. The predicted molar refractivity (Wildman–Crippen MR) is 140 cm³/mol. The van der Waals surface area contributed by atoms with Crippen molar-refractivity contribution < 1.29 is 14.0 Å². The topological polar surface area (TPSA) is 35.5 Å². The predicted octanol–water partition coefficient (Wildman–Crippen LogP) is 8.16. The highest BCUT2D eigenvalue weighted by molar-refractivity contribution is 6.74. The summed E-state index contributed by atoms with van der Waals surface area (Å²) < 4.78 is 12.7. The first-order valence-electron chi connectivity index (χ1n) is 12.2. The number of allylic oxidation sites excluding steroid dienone is 4. The van der Waals surface area contributed by atoms with Crippen molar-refractivity contribution in [3.63, 3.8) is 0 Å². The van der Waals surface area contributed by atoms with Crippen LogP contribution in [-0.2, 0) is 14.0 Å². The molecule has 0 heterocycles. The number of rotatable bonds is 12. The van der Waals surface area contributed by atoms with Crippen molar-refractivity contribution in [3.8, 4) is 0 Å². The van der Waals surface area contributed by atoms with Crippen molar-refractivity contribution in [1.82, 2.24) is 0 Å². The van der Waals surface area contributed by atoms with E-state index in [9.17, 15) is 4.79 Å². The smallest absolute Gasteiger partial charge is 0.193 e. The van der Waals surface area contributed by atoms with Gasteiger partial charge in [0.2, 0.25) is 0 Å². The molecule has 0 aliphatic heterocycles. The molecule has 1 unspecified atom stereocenters. The highest BCUT2D eigenvalue weighted by Gasteiger charge is 2.48. The van der Waals surface area contributed by atoms with Crippen LogP contribution in [0.15, 0.2) is 48.3 Å². The molecule has 0 radical (unpaired) electrons. The van der Waals surface area contributed by atoms with E-state index in [2.05, 4.69) is 73.9 Å². The monoisotopic (exact) mass is 460 g/mol. The van der Waals surface area contributed by atoms with Gasteiger partial charge in [-0.05, 0) is 63.6 Å². The van der Waals surface area contributed by atoms with Gasteiger partial charge in [0.25, 0.3) is 0 Å². The van der Waals surface area contributed by atoms with E-state index >= 15 is 0 Å². The first kappa shape index (κ1) is 28.6. The molecule has 1 rings (SSSR count). The minimum Gasteiger partial charge on any atom is -0.498 e. The second kappa shape index (κ2) is 11.6. The quantitative estimate of drug-likeness (QED) is 0.167.